The minimum Gasteiger partial charge on any atom is -0.375 e. The number of nitrogens with two attached hydrogens (primary N) is 1. The van der Waals surface area contributed by atoms with Crippen LogP contribution < -0.4 is 11.2 Å². The SMILES string of the molecule is NC(=S)NN=Cc1cc(Cl)cc(Cl)c1Cl. The first-order chi connectivity index (χ1) is 7.00. The summed E-state index contributed by atoms with van der Waals surface area (Å²) in [6.45, 7) is 0. The number of nitrogens with zero attached hydrogens (tertiary/aromatic N) is 1. The van der Waals surface area contributed by atoms with Gasteiger partial charge in [0.05, 0.1) is 16.3 Å². The summed E-state index contributed by atoms with van der Waals surface area (Å²) < 4.78 is 0. The minimum absolute atomic E-state index is 0.0653. The molecule has 0 radical (unpaired) electrons. The third-order valence-corrected chi connectivity index (χ3v) is 2.53. The summed E-state index contributed by atoms with van der Waals surface area (Å²) in [6.07, 6.45) is 1.43. The summed E-state index contributed by atoms with van der Waals surface area (Å²) in [7, 11) is 0. The van der Waals surface area contributed by atoms with E-state index in [-0.39, 0.29) is 5.11 Å². The first kappa shape index (κ1) is 12.5. The molecule has 80 valence electrons. The molecule has 0 heterocycles. The molecular weight excluding hydrogens is 277 g/mol. The molecule has 0 amide bonds. The van der Waals surface area contributed by atoms with Gasteiger partial charge in [0.15, 0.2) is 5.11 Å². The van der Waals surface area contributed by atoms with Crippen LogP contribution in [0.4, 0.5) is 0 Å². The smallest absolute Gasteiger partial charge is 0.184 e. The summed E-state index contributed by atoms with van der Waals surface area (Å²) in [6, 6.07) is 3.17. The third kappa shape index (κ3) is 3.83. The fourth-order valence-electron chi connectivity index (χ4n) is 0.835. The molecule has 0 unspecified atom stereocenters. The van der Waals surface area contributed by atoms with Crippen LogP contribution >= 0.6 is 47.0 Å². The van der Waals surface area contributed by atoms with Gasteiger partial charge in [0.2, 0.25) is 0 Å². The maximum atomic E-state index is 5.91. The predicted molar refractivity (Wildman–Crippen MR) is 69.0 cm³/mol. The van der Waals surface area contributed by atoms with Crippen molar-refractivity contribution in [1.82, 2.24) is 5.43 Å². The Kier molecular flexibility index (Phi) is 4.60. The molecule has 0 aliphatic rings. The van der Waals surface area contributed by atoms with Gasteiger partial charge in [-0.15, -0.1) is 0 Å². The van der Waals surface area contributed by atoms with Gasteiger partial charge in [-0.05, 0) is 24.4 Å². The van der Waals surface area contributed by atoms with Crippen LogP contribution in [0.5, 0.6) is 0 Å². The van der Waals surface area contributed by atoms with Crippen molar-refractivity contribution in [1.29, 1.82) is 0 Å². The Morgan fingerprint density at radius 2 is 2.07 bits per heavy atom. The highest BCUT2D eigenvalue weighted by Crippen LogP contribution is 2.28. The maximum Gasteiger partial charge on any atom is 0.184 e. The average molecular weight is 283 g/mol. The standard InChI is InChI=1S/C8H6Cl3N3S/c9-5-1-4(3-13-14-8(12)15)7(11)6(10)2-5/h1-3H,(H3,12,14,15). The van der Waals surface area contributed by atoms with E-state index in [4.69, 9.17) is 40.5 Å². The lowest BCUT2D eigenvalue weighted by Crippen LogP contribution is -2.24. The third-order valence-electron chi connectivity index (χ3n) is 1.40. The molecule has 1 aromatic rings. The van der Waals surface area contributed by atoms with Crippen molar-refractivity contribution in [3.63, 3.8) is 0 Å². The van der Waals surface area contributed by atoms with Crippen LogP contribution in [-0.2, 0) is 0 Å². The van der Waals surface area contributed by atoms with Gasteiger partial charge < -0.3 is 5.73 Å². The van der Waals surface area contributed by atoms with Gasteiger partial charge in [-0.1, -0.05) is 34.8 Å². The van der Waals surface area contributed by atoms with E-state index in [1.165, 1.54) is 6.21 Å². The lowest BCUT2D eigenvalue weighted by atomic mass is 10.2. The van der Waals surface area contributed by atoms with Gasteiger partial charge in [0.1, 0.15) is 0 Å². The summed E-state index contributed by atoms with van der Waals surface area (Å²) in [5, 5.41) is 5.01. The Bertz CT molecular complexity index is 420. The molecule has 0 aliphatic carbocycles. The van der Waals surface area contributed by atoms with Gasteiger partial charge in [-0.3, -0.25) is 5.43 Å². The zero-order chi connectivity index (χ0) is 11.4. The zero-order valence-electron chi connectivity index (χ0n) is 7.30. The average Bonchev–Trinajstić information content (AvgIpc) is 2.12. The first-order valence-corrected chi connectivity index (χ1v) is 5.28. The molecule has 7 heteroatoms. The lowest BCUT2D eigenvalue weighted by molar-refractivity contribution is 1.04. The first-order valence-electron chi connectivity index (χ1n) is 3.73. The monoisotopic (exact) mass is 281 g/mol. The summed E-state index contributed by atoms with van der Waals surface area (Å²) in [5.41, 5.74) is 8.15. The van der Waals surface area contributed by atoms with Gasteiger partial charge >= 0.3 is 0 Å². The van der Waals surface area contributed by atoms with E-state index in [2.05, 4.69) is 22.7 Å². The molecular formula is C8H6Cl3N3S. The van der Waals surface area contributed by atoms with Crippen LogP contribution in [0, 0.1) is 0 Å². The highest BCUT2D eigenvalue weighted by atomic mass is 35.5. The van der Waals surface area contributed by atoms with E-state index in [1.807, 2.05) is 0 Å². The number of thiocarbonyl (C=S) groups is 1. The number of hydrogen-bond acceptors (Lipinski definition) is 2. The summed E-state index contributed by atoms with van der Waals surface area (Å²) in [4.78, 5) is 0. The van der Waals surface area contributed by atoms with E-state index in [1.54, 1.807) is 12.1 Å². The summed E-state index contributed by atoms with van der Waals surface area (Å²) >= 11 is 22.1. The molecule has 1 rings (SSSR count). The second-order valence-corrected chi connectivity index (χ2v) is 4.19. The second-order valence-electron chi connectivity index (χ2n) is 2.53. The van der Waals surface area contributed by atoms with Crippen LogP contribution in [0.1, 0.15) is 5.56 Å². The number of halogens is 3. The molecule has 0 aliphatic heterocycles. The molecule has 0 fully saturated rings. The molecule has 0 atom stereocenters. The van der Waals surface area contributed by atoms with Crippen LogP contribution in [-0.4, -0.2) is 11.3 Å². The molecule has 3 nitrogen and oxygen atoms in total. The lowest BCUT2D eigenvalue weighted by Gasteiger charge is -2.01. The number of hydrazone groups is 1. The van der Waals surface area contributed by atoms with E-state index in [0.717, 1.165) is 0 Å². The van der Waals surface area contributed by atoms with Crippen molar-refractivity contribution >= 4 is 58.3 Å². The van der Waals surface area contributed by atoms with E-state index in [9.17, 15) is 0 Å². The summed E-state index contributed by atoms with van der Waals surface area (Å²) in [5.74, 6) is 0. The van der Waals surface area contributed by atoms with Crippen molar-refractivity contribution in [2.24, 2.45) is 10.8 Å². The van der Waals surface area contributed by atoms with E-state index in [0.29, 0.717) is 20.6 Å². The number of rotatable bonds is 2. The van der Waals surface area contributed by atoms with E-state index < -0.39 is 0 Å². The molecule has 0 saturated heterocycles. The maximum absolute atomic E-state index is 5.91. The normalized spacial score (nSPS) is 10.6. The van der Waals surface area contributed by atoms with Crippen molar-refractivity contribution in [3.05, 3.63) is 32.8 Å². The molecule has 0 spiro atoms. The van der Waals surface area contributed by atoms with Crippen molar-refractivity contribution in [2.75, 3.05) is 0 Å². The van der Waals surface area contributed by atoms with Crippen LogP contribution in [0.3, 0.4) is 0 Å². The molecule has 3 N–H and O–H groups in total. The predicted octanol–water partition coefficient (Wildman–Crippen LogP) is 2.81. The van der Waals surface area contributed by atoms with Crippen LogP contribution in [0.2, 0.25) is 15.1 Å². The molecule has 0 bridgehead atoms. The fourth-order valence-corrected chi connectivity index (χ4v) is 1.56. The molecule has 0 saturated carbocycles. The Hall–Kier alpha value is -0.550. The Morgan fingerprint density at radius 1 is 1.40 bits per heavy atom. The topological polar surface area (TPSA) is 50.4 Å². The van der Waals surface area contributed by atoms with Gasteiger partial charge in [0, 0.05) is 10.6 Å². The minimum atomic E-state index is 0.0653. The van der Waals surface area contributed by atoms with Crippen molar-refractivity contribution in [3.8, 4) is 0 Å². The highest BCUT2D eigenvalue weighted by Gasteiger charge is 2.04. The quantitative estimate of drug-likeness (QED) is 0.379. The molecule has 1 aromatic carbocycles. The van der Waals surface area contributed by atoms with Crippen LogP contribution in [0.25, 0.3) is 0 Å². The highest BCUT2D eigenvalue weighted by molar-refractivity contribution is 7.80. The Morgan fingerprint density at radius 3 is 2.67 bits per heavy atom. The van der Waals surface area contributed by atoms with Gasteiger partial charge in [0.25, 0.3) is 0 Å². The number of hydrogen-bond donors (Lipinski definition) is 2. The Labute approximate surface area is 107 Å². The van der Waals surface area contributed by atoms with Crippen LogP contribution in [0.15, 0.2) is 17.2 Å². The van der Waals surface area contributed by atoms with E-state index >= 15 is 0 Å². The van der Waals surface area contributed by atoms with Gasteiger partial charge in [-0.2, -0.15) is 5.10 Å². The molecule has 0 aromatic heterocycles. The van der Waals surface area contributed by atoms with Crippen molar-refractivity contribution < 1.29 is 0 Å². The fraction of sp³-hybridized carbons (Fsp3) is 0. The van der Waals surface area contributed by atoms with Crippen molar-refractivity contribution in [2.45, 2.75) is 0 Å². The number of nitrogens with one attached hydrogen (secondary N) is 1. The zero-order valence-corrected chi connectivity index (χ0v) is 10.4. The molecule has 15 heavy (non-hydrogen) atoms. The largest absolute Gasteiger partial charge is 0.375 e. The number of benzene rings is 1. The second kappa shape index (κ2) is 5.51. The Balaban J connectivity index is 2.94. The van der Waals surface area contributed by atoms with Gasteiger partial charge in [-0.25, -0.2) is 0 Å².